The van der Waals surface area contributed by atoms with Crippen molar-refractivity contribution >= 4 is 22.9 Å². The first kappa shape index (κ1) is 9.50. The van der Waals surface area contributed by atoms with E-state index < -0.39 is 0 Å². The van der Waals surface area contributed by atoms with Crippen LogP contribution in [0.15, 0.2) is 11.4 Å². The van der Waals surface area contributed by atoms with E-state index in [0.717, 1.165) is 22.8 Å². The Balaban J connectivity index is 1.77. The fraction of sp³-hybridized carbons (Fsp3) is 0.600. The maximum absolute atomic E-state index is 5.99. The van der Waals surface area contributed by atoms with E-state index in [2.05, 4.69) is 18.3 Å². The summed E-state index contributed by atoms with van der Waals surface area (Å²) in [6, 6.07) is 2.83. The second-order valence-electron chi connectivity index (χ2n) is 3.87. The average molecular weight is 216 g/mol. The van der Waals surface area contributed by atoms with Crippen molar-refractivity contribution in [2.75, 3.05) is 0 Å². The van der Waals surface area contributed by atoms with E-state index in [0.29, 0.717) is 0 Å². The fourth-order valence-corrected chi connectivity index (χ4v) is 2.70. The molecule has 0 amide bonds. The van der Waals surface area contributed by atoms with Crippen LogP contribution in [0.5, 0.6) is 0 Å². The van der Waals surface area contributed by atoms with Crippen molar-refractivity contribution in [3.63, 3.8) is 0 Å². The van der Waals surface area contributed by atoms with E-state index in [9.17, 15) is 0 Å². The Kier molecular flexibility index (Phi) is 2.92. The molecular weight excluding hydrogens is 202 g/mol. The van der Waals surface area contributed by atoms with Gasteiger partial charge in [0.15, 0.2) is 0 Å². The zero-order valence-electron chi connectivity index (χ0n) is 7.72. The molecule has 1 aliphatic carbocycles. The zero-order chi connectivity index (χ0) is 9.26. The van der Waals surface area contributed by atoms with Gasteiger partial charge in [-0.25, -0.2) is 0 Å². The van der Waals surface area contributed by atoms with Crippen LogP contribution in [0, 0.1) is 5.92 Å². The molecule has 1 heterocycles. The van der Waals surface area contributed by atoms with Gasteiger partial charge < -0.3 is 5.32 Å². The number of halogens is 1. The molecule has 0 spiro atoms. The van der Waals surface area contributed by atoms with Crippen molar-refractivity contribution in [1.82, 2.24) is 5.32 Å². The summed E-state index contributed by atoms with van der Waals surface area (Å²) < 4.78 is 0.930. The molecule has 0 unspecified atom stereocenters. The molecule has 72 valence electrons. The minimum Gasteiger partial charge on any atom is -0.310 e. The van der Waals surface area contributed by atoms with Gasteiger partial charge in [-0.1, -0.05) is 18.5 Å². The smallest absolute Gasteiger partial charge is 0.0973 e. The minimum absolute atomic E-state index is 0.728. The summed E-state index contributed by atoms with van der Waals surface area (Å²) in [5, 5.41) is 5.56. The Hall–Kier alpha value is -0.0500. The Morgan fingerprint density at radius 2 is 2.38 bits per heavy atom. The van der Waals surface area contributed by atoms with E-state index >= 15 is 0 Å². The monoisotopic (exact) mass is 215 g/mol. The predicted octanol–water partition coefficient (Wildman–Crippen LogP) is 3.29. The van der Waals surface area contributed by atoms with Crippen LogP contribution in [0.3, 0.4) is 0 Å². The second-order valence-corrected chi connectivity index (χ2v) is 5.39. The molecule has 1 N–H and O–H groups in total. The first-order valence-corrected chi connectivity index (χ1v) is 5.96. The Bertz CT molecular complexity index is 278. The molecule has 1 nitrogen and oxygen atoms in total. The van der Waals surface area contributed by atoms with Gasteiger partial charge >= 0.3 is 0 Å². The Morgan fingerprint density at radius 3 is 2.92 bits per heavy atom. The molecular formula is C10H14ClNS. The van der Waals surface area contributed by atoms with Crippen molar-refractivity contribution in [3.05, 3.63) is 21.3 Å². The lowest BCUT2D eigenvalue weighted by atomic mass is 9.82. The van der Waals surface area contributed by atoms with E-state index in [4.69, 9.17) is 11.6 Å². The third-order valence-electron chi connectivity index (χ3n) is 2.65. The number of nitrogens with one attached hydrogen (secondary N) is 1. The van der Waals surface area contributed by atoms with Gasteiger partial charge in [-0.05, 0) is 35.8 Å². The number of hydrogen-bond acceptors (Lipinski definition) is 2. The number of hydrogen-bond donors (Lipinski definition) is 1. The molecule has 0 radical (unpaired) electrons. The van der Waals surface area contributed by atoms with Crippen molar-refractivity contribution in [3.8, 4) is 0 Å². The van der Waals surface area contributed by atoms with Crippen molar-refractivity contribution in [1.29, 1.82) is 0 Å². The summed E-state index contributed by atoms with van der Waals surface area (Å²) in [6.07, 6.45) is 2.64. The lowest BCUT2D eigenvalue weighted by molar-refractivity contribution is 0.240. The van der Waals surface area contributed by atoms with Crippen molar-refractivity contribution in [2.24, 2.45) is 5.92 Å². The normalized spacial score (nSPS) is 27.2. The summed E-state index contributed by atoms with van der Waals surface area (Å²) >= 11 is 7.60. The van der Waals surface area contributed by atoms with Crippen molar-refractivity contribution in [2.45, 2.75) is 32.4 Å². The van der Waals surface area contributed by atoms with Gasteiger partial charge in [-0.3, -0.25) is 0 Å². The molecule has 1 aromatic heterocycles. The Morgan fingerprint density at radius 1 is 1.62 bits per heavy atom. The lowest BCUT2D eigenvalue weighted by Gasteiger charge is -2.33. The molecule has 0 aromatic carbocycles. The van der Waals surface area contributed by atoms with Gasteiger partial charge in [-0.15, -0.1) is 11.3 Å². The van der Waals surface area contributed by atoms with Crippen LogP contribution in [-0.4, -0.2) is 6.04 Å². The molecule has 1 saturated carbocycles. The quantitative estimate of drug-likeness (QED) is 0.816. The predicted molar refractivity (Wildman–Crippen MR) is 58.4 cm³/mol. The highest BCUT2D eigenvalue weighted by molar-refractivity contribution is 7.14. The Labute approximate surface area is 88.1 Å². The van der Waals surface area contributed by atoms with Crippen LogP contribution in [0.25, 0.3) is 0 Å². The molecule has 0 saturated heterocycles. The molecule has 3 heteroatoms. The SMILES string of the molecule is CC1CC(NCc2ccsc2Cl)C1. The van der Waals surface area contributed by atoms with E-state index in [1.165, 1.54) is 18.4 Å². The largest absolute Gasteiger partial charge is 0.310 e. The van der Waals surface area contributed by atoms with Crippen LogP contribution in [0.1, 0.15) is 25.3 Å². The van der Waals surface area contributed by atoms with Gasteiger partial charge in [0.1, 0.15) is 0 Å². The van der Waals surface area contributed by atoms with E-state index in [1.807, 2.05) is 5.38 Å². The maximum Gasteiger partial charge on any atom is 0.0973 e. The van der Waals surface area contributed by atoms with Crippen LogP contribution >= 0.6 is 22.9 Å². The summed E-state index contributed by atoms with van der Waals surface area (Å²) in [5.74, 6) is 0.912. The standard InChI is InChI=1S/C10H14ClNS/c1-7-4-9(5-7)12-6-8-2-3-13-10(8)11/h2-3,7,9,12H,4-6H2,1H3. The van der Waals surface area contributed by atoms with Gasteiger partial charge in [0.05, 0.1) is 4.34 Å². The minimum atomic E-state index is 0.728. The summed E-state index contributed by atoms with van der Waals surface area (Å²) in [6.45, 7) is 3.23. The second kappa shape index (κ2) is 3.99. The molecule has 13 heavy (non-hydrogen) atoms. The summed E-state index contributed by atoms with van der Waals surface area (Å²) in [7, 11) is 0. The topological polar surface area (TPSA) is 12.0 Å². The third-order valence-corrected chi connectivity index (χ3v) is 3.90. The first-order chi connectivity index (χ1) is 6.25. The first-order valence-electron chi connectivity index (χ1n) is 4.71. The molecule has 1 aromatic rings. The number of thiophene rings is 1. The average Bonchev–Trinajstić information content (AvgIpc) is 2.43. The van der Waals surface area contributed by atoms with Gasteiger partial charge in [0.25, 0.3) is 0 Å². The molecule has 0 bridgehead atoms. The van der Waals surface area contributed by atoms with Crippen LogP contribution in [0.2, 0.25) is 4.34 Å². The highest BCUT2D eigenvalue weighted by Crippen LogP contribution is 2.28. The van der Waals surface area contributed by atoms with E-state index in [1.54, 1.807) is 11.3 Å². The summed E-state index contributed by atoms with van der Waals surface area (Å²) in [5.41, 5.74) is 1.24. The molecule has 0 aliphatic heterocycles. The number of rotatable bonds is 3. The van der Waals surface area contributed by atoms with Gasteiger partial charge in [0, 0.05) is 12.6 Å². The van der Waals surface area contributed by atoms with Gasteiger partial charge in [-0.2, -0.15) is 0 Å². The van der Waals surface area contributed by atoms with Crippen LogP contribution in [0.4, 0.5) is 0 Å². The van der Waals surface area contributed by atoms with Crippen molar-refractivity contribution < 1.29 is 0 Å². The van der Waals surface area contributed by atoms with Crippen LogP contribution in [-0.2, 0) is 6.54 Å². The molecule has 0 atom stereocenters. The fourth-order valence-electron chi connectivity index (χ4n) is 1.77. The highest BCUT2D eigenvalue weighted by atomic mass is 35.5. The van der Waals surface area contributed by atoms with Gasteiger partial charge in [0.2, 0.25) is 0 Å². The highest BCUT2D eigenvalue weighted by Gasteiger charge is 2.24. The third kappa shape index (κ3) is 2.25. The zero-order valence-corrected chi connectivity index (χ0v) is 9.29. The molecule has 1 aliphatic rings. The van der Waals surface area contributed by atoms with Crippen LogP contribution < -0.4 is 5.32 Å². The molecule has 1 fully saturated rings. The van der Waals surface area contributed by atoms with E-state index in [-0.39, 0.29) is 0 Å². The molecule has 2 rings (SSSR count). The summed E-state index contributed by atoms with van der Waals surface area (Å²) in [4.78, 5) is 0. The maximum atomic E-state index is 5.99. The lowest BCUT2D eigenvalue weighted by Crippen LogP contribution is -2.39.